The molecule has 4 rings (SSSR count). The number of hydrogen-bond donors (Lipinski definition) is 1. The number of hydrogen-bond acceptors (Lipinski definition) is 7. The van der Waals surface area contributed by atoms with Gasteiger partial charge in [-0.3, -0.25) is 14.6 Å². The number of aromatic nitrogens is 4. The predicted octanol–water partition coefficient (Wildman–Crippen LogP) is 1.59. The van der Waals surface area contributed by atoms with Gasteiger partial charge in [0.1, 0.15) is 17.2 Å². The lowest BCUT2D eigenvalue weighted by Crippen LogP contribution is -2.45. The largest absolute Gasteiger partial charge is 0.497 e. The van der Waals surface area contributed by atoms with E-state index in [9.17, 15) is 9.59 Å². The number of aromatic amines is 1. The van der Waals surface area contributed by atoms with Gasteiger partial charge in [-0.25, -0.2) is 9.97 Å². The molecule has 1 aliphatic heterocycles. The zero-order valence-electron chi connectivity index (χ0n) is 16.7. The van der Waals surface area contributed by atoms with Gasteiger partial charge in [0.05, 0.1) is 31.1 Å². The molecule has 154 valence electrons. The van der Waals surface area contributed by atoms with Crippen LogP contribution in [-0.2, 0) is 17.8 Å². The summed E-state index contributed by atoms with van der Waals surface area (Å²) in [5.74, 6) is 1.37. The zero-order chi connectivity index (χ0) is 21.1. The van der Waals surface area contributed by atoms with Crippen LogP contribution in [0.4, 0.5) is 0 Å². The monoisotopic (exact) mass is 407 g/mol. The molecule has 0 saturated heterocycles. The maximum Gasteiger partial charge on any atom is 0.263 e. The molecule has 3 aromatic rings. The smallest absolute Gasteiger partial charge is 0.263 e. The summed E-state index contributed by atoms with van der Waals surface area (Å²) in [7, 11) is 1.57. The third kappa shape index (κ3) is 4.00. The molecule has 0 saturated carbocycles. The van der Waals surface area contributed by atoms with Gasteiger partial charge in [0, 0.05) is 31.4 Å². The Morgan fingerprint density at radius 2 is 2.10 bits per heavy atom. The zero-order valence-corrected chi connectivity index (χ0v) is 16.7. The van der Waals surface area contributed by atoms with Crippen LogP contribution in [-0.4, -0.2) is 50.5 Å². The van der Waals surface area contributed by atoms with Gasteiger partial charge in [0.15, 0.2) is 11.9 Å². The summed E-state index contributed by atoms with van der Waals surface area (Å²) in [6.07, 6.45) is 4.41. The Kier molecular flexibility index (Phi) is 5.42. The maximum absolute atomic E-state index is 12.9. The topological polar surface area (TPSA) is 110 Å². The summed E-state index contributed by atoms with van der Waals surface area (Å²) in [5.41, 5.74) is 1.37. The van der Waals surface area contributed by atoms with E-state index in [0.717, 1.165) is 0 Å². The first-order chi connectivity index (χ1) is 14.5. The summed E-state index contributed by atoms with van der Waals surface area (Å²) in [4.78, 5) is 42.6. The van der Waals surface area contributed by atoms with Gasteiger partial charge < -0.3 is 19.4 Å². The number of nitrogens with one attached hydrogen (secondary N) is 1. The maximum atomic E-state index is 12.9. The highest BCUT2D eigenvalue weighted by Gasteiger charge is 2.28. The molecule has 30 heavy (non-hydrogen) atoms. The molecule has 0 bridgehead atoms. The van der Waals surface area contributed by atoms with E-state index in [-0.39, 0.29) is 18.0 Å². The lowest BCUT2D eigenvalue weighted by atomic mass is 10.1. The summed E-state index contributed by atoms with van der Waals surface area (Å²) >= 11 is 0. The standard InChI is InChI=1S/C21H21N5O4/c1-13(30-15-5-3-4-14(10-15)29-2)21(28)26-9-6-17-16(12-26)20(27)25-19(24-17)18-11-22-7-8-23-18/h3-5,7-8,10-11,13H,6,9,12H2,1-2H3,(H,24,25,27). The number of amides is 1. The second-order valence-electron chi connectivity index (χ2n) is 6.88. The Hall–Kier alpha value is -3.75. The van der Waals surface area contributed by atoms with E-state index in [1.807, 2.05) is 0 Å². The Morgan fingerprint density at radius 1 is 1.27 bits per heavy atom. The number of H-pyrrole nitrogens is 1. The van der Waals surface area contributed by atoms with Gasteiger partial charge in [-0.05, 0) is 19.1 Å². The van der Waals surface area contributed by atoms with Crippen LogP contribution < -0.4 is 15.0 Å². The predicted molar refractivity (Wildman–Crippen MR) is 108 cm³/mol. The fraction of sp³-hybridized carbons (Fsp3) is 0.286. The third-order valence-electron chi connectivity index (χ3n) is 4.89. The highest BCUT2D eigenvalue weighted by molar-refractivity contribution is 5.81. The molecule has 9 nitrogen and oxygen atoms in total. The number of methoxy groups -OCH3 is 1. The first kappa shape index (κ1) is 19.6. The molecular weight excluding hydrogens is 386 g/mol. The molecule has 1 N–H and O–H groups in total. The van der Waals surface area contributed by atoms with Gasteiger partial charge >= 0.3 is 0 Å². The SMILES string of the molecule is COc1cccc(OC(C)C(=O)N2CCc3nc(-c4cnccn4)[nH]c(=O)c3C2)c1. The summed E-state index contributed by atoms with van der Waals surface area (Å²) in [5, 5.41) is 0. The van der Waals surface area contributed by atoms with Crippen LogP contribution in [0.2, 0.25) is 0 Å². The van der Waals surface area contributed by atoms with Crippen molar-refractivity contribution in [3.05, 3.63) is 64.5 Å². The van der Waals surface area contributed by atoms with Crippen molar-refractivity contribution >= 4 is 5.91 Å². The molecule has 1 atom stereocenters. The van der Waals surface area contributed by atoms with E-state index in [1.54, 1.807) is 61.8 Å². The van der Waals surface area contributed by atoms with Crippen molar-refractivity contribution in [2.24, 2.45) is 0 Å². The molecule has 0 spiro atoms. The molecule has 9 heteroatoms. The van der Waals surface area contributed by atoms with Crippen LogP contribution in [0, 0.1) is 0 Å². The Morgan fingerprint density at radius 3 is 2.87 bits per heavy atom. The molecule has 3 heterocycles. The van der Waals surface area contributed by atoms with Gasteiger partial charge in [-0.15, -0.1) is 0 Å². The first-order valence-electron chi connectivity index (χ1n) is 9.53. The molecule has 1 aliphatic rings. The van der Waals surface area contributed by atoms with Crippen molar-refractivity contribution in [1.82, 2.24) is 24.8 Å². The highest BCUT2D eigenvalue weighted by Crippen LogP contribution is 2.22. The van der Waals surface area contributed by atoms with Crippen LogP contribution in [0.25, 0.3) is 11.5 Å². The van der Waals surface area contributed by atoms with Gasteiger partial charge in [0.25, 0.3) is 11.5 Å². The minimum absolute atomic E-state index is 0.184. The quantitative estimate of drug-likeness (QED) is 0.684. The van der Waals surface area contributed by atoms with Crippen LogP contribution in [0.15, 0.2) is 47.7 Å². The van der Waals surface area contributed by atoms with Crippen LogP contribution in [0.3, 0.4) is 0 Å². The normalized spacial score (nSPS) is 14.0. The number of carbonyl (C=O) groups is 1. The van der Waals surface area contributed by atoms with E-state index < -0.39 is 6.10 Å². The number of carbonyl (C=O) groups excluding carboxylic acids is 1. The summed E-state index contributed by atoms with van der Waals surface area (Å²) in [6, 6.07) is 7.08. The van der Waals surface area contributed by atoms with Crippen molar-refractivity contribution in [3.63, 3.8) is 0 Å². The molecule has 0 fully saturated rings. The number of fused-ring (bicyclic) bond motifs is 1. The van der Waals surface area contributed by atoms with Crippen molar-refractivity contribution in [1.29, 1.82) is 0 Å². The summed E-state index contributed by atoms with van der Waals surface area (Å²) < 4.78 is 11.0. The van der Waals surface area contributed by atoms with Crippen LogP contribution >= 0.6 is 0 Å². The lowest BCUT2D eigenvalue weighted by Gasteiger charge is -2.30. The van der Waals surface area contributed by atoms with E-state index in [2.05, 4.69) is 19.9 Å². The lowest BCUT2D eigenvalue weighted by molar-refractivity contribution is -0.138. The number of benzene rings is 1. The summed E-state index contributed by atoms with van der Waals surface area (Å²) in [6.45, 7) is 2.33. The number of ether oxygens (including phenoxy) is 2. The molecule has 1 amide bonds. The van der Waals surface area contributed by atoms with Gasteiger partial charge in [-0.2, -0.15) is 0 Å². The fourth-order valence-electron chi connectivity index (χ4n) is 3.34. The molecular formula is C21H21N5O4. The minimum Gasteiger partial charge on any atom is -0.497 e. The molecule has 0 radical (unpaired) electrons. The van der Waals surface area contributed by atoms with Crippen LogP contribution in [0.1, 0.15) is 18.2 Å². The second-order valence-corrected chi connectivity index (χ2v) is 6.88. The number of nitrogens with zero attached hydrogens (tertiary/aromatic N) is 4. The molecule has 0 aliphatic carbocycles. The van der Waals surface area contributed by atoms with E-state index in [0.29, 0.717) is 47.2 Å². The Bertz CT molecular complexity index is 1120. The van der Waals surface area contributed by atoms with E-state index in [4.69, 9.17) is 9.47 Å². The van der Waals surface area contributed by atoms with Crippen molar-refractivity contribution in [2.45, 2.75) is 26.0 Å². The Balaban J connectivity index is 1.49. The molecule has 1 unspecified atom stereocenters. The van der Waals surface area contributed by atoms with Gasteiger partial charge in [-0.1, -0.05) is 6.07 Å². The average Bonchev–Trinajstić information content (AvgIpc) is 2.79. The second kappa shape index (κ2) is 8.32. The Labute approximate surface area is 172 Å². The molecule has 1 aromatic carbocycles. The molecule has 2 aromatic heterocycles. The fourth-order valence-corrected chi connectivity index (χ4v) is 3.34. The minimum atomic E-state index is -0.704. The highest BCUT2D eigenvalue weighted by atomic mass is 16.5. The van der Waals surface area contributed by atoms with Gasteiger partial charge in [0.2, 0.25) is 0 Å². The van der Waals surface area contributed by atoms with E-state index in [1.165, 1.54) is 0 Å². The van der Waals surface area contributed by atoms with Crippen molar-refractivity contribution < 1.29 is 14.3 Å². The van der Waals surface area contributed by atoms with Crippen molar-refractivity contribution in [2.75, 3.05) is 13.7 Å². The first-order valence-corrected chi connectivity index (χ1v) is 9.53. The van der Waals surface area contributed by atoms with Crippen LogP contribution in [0.5, 0.6) is 11.5 Å². The van der Waals surface area contributed by atoms with Crippen molar-refractivity contribution in [3.8, 4) is 23.0 Å². The number of rotatable bonds is 5. The third-order valence-corrected chi connectivity index (χ3v) is 4.89. The average molecular weight is 407 g/mol. The van der Waals surface area contributed by atoms with E-state index >= 15 is 0 Å².